The molecule has 3 N–H and O–H groups in total. The third-order valence-electron chi connectivity index (χ3n) is 5.14. The summed E-state index contributed by atoms with van der Waals surface area (Å²) in [6.45, 7) is 2.11. The van der Waals surface area contributed by atoms with Gasteiger partial charge in [0.25, 0.3) is 0 Å². The number of carbonyl (C=O) groups is 2. The average Bonchev–Trinajstić information content (AvgIpc) is 3.05. The van der Waals surface area contributed by atoms with Gasteiger partial charge >= 0.3 is 5.97 Å². The third-order valence-corrected chi connectivity index (χ3v) is 5.14. The summed E-state index contributed by atoms with van der Waals surface area (Å²) in [5.74, 6) is -1.46. The summed E-state index contributed by atoms with van der Waals surface area (Å²) < 4.78 is 5.70. The molecule has 1 saturated carbocycles. The molecule has 2 aliphatic rings. The summed E-state index contributed by atoms with van der Waals surface area (Å²) in [5.41, 5.74) is 0. The number of unbranched alkanes of at least 4 members (excludes halogenated alkanes) is 3. The number of hydrogen-bond acceptors (Lipinski definition) is 5. The van der Waals surface area contributed by atoms with Crippen molar-refractivity contribution in [2.75, 3.05) is 0 Å². The summed E-state index contributed by atoms with van der Waals surface area (Å²) in [7, 11) is 0. The molecule has 0 bridgehead atoms. The van der Waals surface area contributed by atoms with Crippen molar-refractivity contribution in [1.82, 2.24) is 0 Å². The Kier molecular flexibility index (Phi) is 7.85. The maximum atomic E-state index is 12.6. The molecule has 1 aliphatic heterocycles. The summed E-state index contributed by atoms with van der Waals surface area (Å²) in [6, 6.07) is 0. The number of ether oxygens (including phenoxy) is 1. The monoisotopic (exact) mass is 366 g/mol. The minimum absolute atomic E-state index is 0.0603. The Labute approximate surface area is 154 Å². The first-order valence-corrected chi connectivity index (χ1v) is 9.61. The molecule has 26 heavy (non-hydrogen) atoms. The summed E-state index contributed by atoms with van der Waals surface area (Å²) >= 11 is 0. The van der Waals surface area contributed by atoms with Crippen molar-refractivity contribution in [3.05, 3.63) is 24.0 Å². The van der Waals surface area contributed by atoms with E-state index in [-0.39, 0.29) is 24.2 Å². The number of allylic oxidation sites excluding steroid dienone is 2. The fourth-order valence-electron chi connectivity index (χ4n) is 3.72. The average molecular weight is 366 g/mol. The molecule has 0 aromatic rings. The Morgan fingerprint density at radius 1 is 1.35 bits per heavy atom. The number of carboxylic acid groups (broad SMARTS) is 1. The molecule has 0 aromatic carbocycles. The normalized spacial score (nSPS) is 30.7. The number of Topliss-reactive ketones (excluding diaryl/α,β-unsaturated/α-hetero) is 1. The molecular weight excluding hydrogens is 336 g/mol. The first-order valence-electron chi connectivity index (χ1n) is 9.61. The Morgan fingerprint density at radius 3 is 2.81 bits per heavy atom. The van der Waals surface area contributed by atoms with E-state index in [1.54, 1.807) is 18.2 Å². The van der Waals surface area contributed by atoms with Gasteiger partial charge < -0.3 is 20.1 Å². The van der Waals surface area contributed by atoms with Crippen molar-refractivity contribution in [2.45, 2.75) is 76.6 Å². The highest BCUT2D eigenvalue weighted by atomic mass is 16.5. The highest BCUT2D eigenvalue weighted by Gasteiger charge is 2.52. The van der Waals surface area contributed by atoms with E-state index in [0.717, 1.165) is 19.3 Å². The molecule has 0 amide bonds. The van der Waals surface area contributed by atoms with Crippen molar-refractivity contribution in [1.29, 1.82) is 0 Å². The van der Waals surface area contributed by atoms with Crippen LogP contribution in [-0.2, 0) is 14.3 Å². The van der Waals surface area contributed by atoms with Crippen LogP contribution in [0.3, 0.4) is 0 Å². The van der Waals surface area contributed by atoms with Crippen LogP contribution in [0.1, 0.15) is 58.3 Å². The maximum absolute atomic E-state index is 12.6. The maximum Gasteiger partial charge on any atom is 0.303 e. The van der Waals surface area contributed by atoms with E-state index < -0.39 is 24.1 Å². The Morgan fingerprint density at radius 2 is 2.12 bits per heavy atom. The largest absolute Gasteiger partial charge is 0.486 e. The molecule has 6 heteroatoms. The molecular formula is C20H30O6. The van der Waals surface area contributed by atoms with Gasteiger partial charge in [-0.1, -0.05) is 38.3 Å². The minimum atomic E-state index is -0.857. The van der Waals surface area contributed by atoms with E-state index in [0.29, 0.717) is 31.4 Å². The smallest absolute Gasteiger partial charge is 0.303 e. The molecule has 6 nitrogen and oxygen atoms in total. The highest BCUT2D eigenvalue weighted by Crippen LogP contribution is 2.43. The first kappa shape index (κ1) is 20.6. The van der Waals surface area contributed by atoms with E-state index in [4.69, 9.17) is 9.84 Å². The van der Waals surface area contributed by atoms with Crippen molar-refractivity contribution >= 4 is 11.8 Å². The van der Waals surface area contributed by atoms with Crippen LogP contribution in [0.4, 0.5) is 0 Å². The van der Waals surface area contributed by atoms with Gasteiger partial charge in [0, 0.05) is 18.8 Å². The van der Waals surface area contributed by atoms with Crippen LogP contribution in [0.5, 0.6) is 0 Å². The van der Waals surface area contributed by atoms with E-state index in [9.17, 15) is 19.8 Å². The molecule has 146 valence electrons. The van der Waals surface area contributed by atoms with Crippen LogP contribution < -0.4 is 0 Å². The third kappa shape index (κ3) is 5.42. The Balaban J connectivity index is 1.93. The number of aliphatic hydroxyl groups excluding tert-OH is 2. The SMILES string of the molecule is CCCCC[C@H](O)C=C[C@@H]1[C@H]2C(=O)/C(=C/CCCC(=O)O)O[C@H]2C[C@H]1O. The van der Waals surface area contributed by atoms with Crippen molar-refractivity contribution in [2.24, 2.45) is 11.8 Å². The molecule has 1 saturated heterocycles. The predicted octanol–water partition coefficient (Wildman–Crippen LogP) is 2.59. The summed E-state index contributed by atoms with van der Waals surface area (Å²) in [5, 5.41) is 28.9. The van der Waals surface area contributed by atoms with Crippen LogP contribution in [0.25, 0.3) is 0 Å². The highest BCUT2D eigenvalue weighted by molar-refractivity contribution is 5.98. The zero-order valence-corrected chi connectivity index (χ0v) is 15.3. The molecule has 5 atom stereocenters. The van der Waals surface area contributed by atoms with Gasteiger partial charge in [-0.15, -0.1) is 0 Å². The molecule has 1 heterocycles. The Bertz CT molecular complexity index is 553. The van der Waals surface area contributed by atoms with Gasteiger partial charge in [0.2, 0.25) is 5.78 Å². The fraction of sp³-hybridized carbons (Fsp3) is 0.700. The molecule has 2 rings (SSSR count). The second-order valence-electron chi connectivity index (χ2n) is 7.23. The van der Waals surface area contributed by atoms with E-state index in [1.165, 1.54) is 0 Å². The fourth-order valence-corrected chi connectivity index (χ4v) is 3.72. The van der Waals surface area contributed by atoms with E-state index in [1.807, 2.05) is 0 Å². The van der Waals surface area contributed by atoms with Gasteiger partial charge in [-0.05, 0) is 25.3 Å². The number of carbonyl (C=O) groups excluding carboxylic acids is 1. The predicted molar refractivity (Wildman–Crippen MR) is 96.3 cm³/mol. The van der Waals surface area contributed by atoms with Crippen LogP contribution >= 0.6 is 0 Å². The van der Waals surface area contributed by atoms with Crippen LogP contribution in [0.2, 0.25) is 0 Å². The molecule has 0 radical (unpaired) electrons. The number of carboxylic acids is 1. The number of fused-ring (bicyclic) bond motifs is 1. The lowest BCUT2D eigenvalue weighted by atomic mass is 9.89. The summed E-state index contributed by atoms with van der Waals surface area (Å²) in [4.78, 5) is 23.1. The first-order chi connectivity index (χ1) is 12.4. The molecule has 0 spiro atoms. The van der Waals surface area contributed by atoms with Gasteiger partial charge in [-0.25, -0.2) is 0 Å². The van der Waals surface area contributed by atoms with Gasteiger partial charge in [0.05, 0.1) is 18.1 Å². The van der Waals surface area contributed by atoms with Crippen LogP contribution in [0, 0.1) is 11.8 Å². The number of hydrogen-bond donors (Lipinski definition) is 3. The van der Waals surface area contributed by atoms with Crippen LogP contribution in [-0.4, -0.2) is 45.4 Å². The second kappa shape index (κ2) is 9.88. The zero-order chi connectivity index (χ0) is 19.1. The van der Waals surface area contributed by atoms with Crippen LogP contribution in [0.15, 0.2) is 24.0 Å². The van der Waals surface area contributed by atoms with Crippen molar-refractivity contribution < 1.29 is 29.6 Å². The lowest BCUT2D eigenvalue weighted by molar-refractivity contribution is -0.137. The number of aliphatic carboxylic acids is 1. The number of ketones is 1. The number of rotatable bonds is 10. The van der Waals surface area contributed by atoms with E-state index in [2.05, 4.69) is 6.92 Å². The van der Waals surface area contributed by atoms with Crippen molar-refractivity contribution in [3.63, 3.8) is 0 Å². The lowest BCUT2D eigenvalue weighted by Gasteiger charge is -2.15. The van der Waals surface area contributed by atoms with Gasteiger partial charge in [-0.2, -0.15) is 0 Å². The van der Waals surface area contributed by atoms with Gasteiger partial charge in [0.15, 0.2) is 5.76 Å². The van der Waals surface area contributed by atoms with Gasteiger partial charge in [0.1, 0.15) is 6.10 Å². The molecule has 0 aromatic heterocycles. The molecule has 1 aliphatic carbocycles. The summed E-state index contributed by atoms with van der Waals surface area (Å²) in [6.07, 6.45) is 8.76. The topological polar surface area (TPSA) is 104 Å². The standard InChI is InChI=1S/C20H30O6/c1-2-3-4-7-13(21)10-11-14-15(22)12-17-19(14)20(25)16(26-17)8-5-6-9-18(23)24/h8,10-11,13-15,17,19,21-22H,2-7,9,12H2,1H3,(H,23,24)/b11-10?,16-8-/t13-,14-,15+,17-,19+/m0/s1. The number of aliphatic hydroxyl groups is 2. The second-order valence-corrected chi connectivity index (χ2v) is 7.23. The lowest BCUT2D eigenvalue weighted by Crippen LogP contribution is -2.24. The zero-order valence-electron chi connectivity index (χ0n) is 15.3. The molecule has 0 unspecified atom stereocenters. The molecule has 2 fully saturated rings. The van der Waals surface area contributed by atoms with E-state index >= 15 is 0 Å². The minimum Gasteiger partial charge on any atom is -0.486 e. The van der Waals surface area contributed by atoms with Gasteiger partial charge in [-0.3, -0.25) is 9.59 Å². The van der Waals surface area contributed by atoms with Crippen molar-refractivity contribution in [3.8, 4) is 0 Å². The Hall–Kier alpha value is -1.66. The quantitative estimate of drug-likeness (QED) is 0.312.